The molecule has 2 aromatic carbocycles. The zero-order valence-corrected chi connectivity index (χ0v) is 26.1. The second kappa shape index (κ2) is 14.4. The maximum Gasteiger partial charge on any atom is 0.416 e. The number of hydroxylamine groups is 2. The van der Waals surface area contributed by atoms with Crippen LogP contribution in [-0.2, 0) is 25.6 Å². The summed E-state index contributed by atoms with van der Waals surface area (Å²) in [6.07, 6.45) is -2.10. The van der Waals surface area contributed by atoms with Crippen molar-refractivity contribution in [2.24, 2.45) is 0 Å². The number of aromatic nitrogens is 2. The molecule has 0 unspecified atom stereocenters. The number of aliphatic hydroxyl groups excluding tert-OH is 1. The lowest BCUT2D eigenvalue weighted by atomic mass is 10.1. The van der Waals surface area contributed by atoms with Gasteiger partial charge in [-0.05, 0) is 42.0 Å². The van der Waals surface area contributed by atoms with Crippen LogP contribution in [0.1, 0.15) is 47.3 Å². The second-order valence-electron chi connectivity index (χ2n) is 10.5. The van der Waals surface area contributed by atoms with E-state index in [1.165, 1.54) is 69.9 Å². The molecule has 0 bridgehead atoms. The van der Waals surface area contributed by atoms with Gasteiger partial charge in [0.1, 0.15) is 11.9 Å². The SMILES string of the molecule is CCS(=O)(=O)c1ccc([C@H](CO)NC(=O)c2cnc(N3C[C@H](Oc4ccc(C(F)(F)F)cc4)C[C@H]3CC(=O)N(C)OC)nc2)cc1. The first-order valence-electron chi connectivity index (χ1n) is 14.2. The first-order valence-corrected chi connectivity index (χ1v) is 15.9. The summed E-state index contributed by atoms with van der Waals surface area (Å²) in [6.45, 7) is 1.29. The minimum atomic E-state index is -4.48. The summed E-state index contributed by atoms with van der Waals surface area (Å²) < 4.78 is 69.0. The first-order chi connectivity index (χ1) is 21.7. The van der Waals surface area contributed by atoms with Gasteiger partial charge in [0, 0.05) is 38.3 Å². The number of sulfone groups is 1. The van der Waals surface area contributed by atoms with E-state index in [-0.39, 0.29) is 46.8 Å². The van der Waals surface area contributed by atoms with Crippen molar-refractivity contribution in [2.75, 3.05) is 38.0 Å². The maximum atomic E-state index is 13.0. The van der Waals surface area contributed by atoms with Crippen molar-refractivity contribution >= 4 is 27.6 Å². The van der Waals surface area contributed by atoms with Crippen LogP contribution < -0.4 is 15.0 Å². The minimum Gasteiger partial charge on any atom is -0.489 e. The van der Waals surface area contributed by atoms with Crippen molar-refractivity contribution in [1.29, 1.82) is 0 Å². The monoisotopic (exact) mass is 665 g/mol. The molecule has 12 nitrogen and oxygen atoms in total. The lowest BCUT2D eigenvalue weighted by Gasteiger charge is -2.25. The van der Waals surface area contributed by atoms with Gasteiger partial charge in [-0.1, -0.05) is 19.1 Å². The number of amides is 2. The summed E-state index contributed by atoms with van der Waals surface area (Å²) >= 11 is 0. The topological polar surface area (TPSA) is 151 Å². The molecule has 4 rings (SSSR count). The van der Waals surface area contributed by atoms with Gasteiger partial charge in [-0.25, -0.2) is 23.4 Å². The molecule has 1 aliphatic heterocycles. The van der Waals surface area contributed by atoms with E-state index >= 15 is 0 Å². The maximum absolute atomic E-state index is 13.0. The number of benzene rings is 2. The van der Waals surface area contributed by atoms with Gasteiger partial charge in [-0.2, -0.15) is 13.2 Å². The Labute approximate surface area is 264 Å². The zero-order chi connectivity index (χ0) is 33.6. The number of alkyl halides is 3. The van der Waals surface area contributed by atoms with Crippen LogP contribution in [0.3, 0.4) is 0 Å². The number of carbonyl (C=O) groups is 2. The first kappa shape index (κ1) is 34.6. The van der Waals surface area contributed by atoms with Crippen molar-refractivity contribution < 1.29 is 45.9 Å². The predicted octanol–water partition coefficient (Wildman–Crippen LogP) is 3.19. The Morgan fingerprint density at radius 1 is 1.11 bits per heavy atom. The van der Waals surface area contributed by atoms with E-state index in [1.54, 1.807) is 4.90 Å². The number of hydrogen-bond donors (Lipinski definition) is 2. The van der Waals surface area contributed by atoms with Crippen LogP contribution in [0.25, 0.3) is 0 Å². The second-order valence-corrected chi connectivity index (χ2v) is 12.8. The Hall–Kier alpha value is -4.28. The Morgan fingerprint density at radius 2 is 1.74 bits per heavy atom. The van der Waals surface area contributed by atoms with Crippen molar-refractivity contribution in [2.45, 2.75) is 49.0 Å². The average Bonchev–Trinajstić information content (AvgIpc) is 3.44. The molecule has 2 amide bonds. The van der Waals surface area contributed by atoms with E-state index in [4.69, 9.17) is 9.57 Å². The molecule has 1 aromatic heterocycles. The minimum absolute atomic E-state index is 0.000659. The number of halogens is 3. The summed E-state index contributed by atoms with van der Waals surface area (Å²) in [5.74, 6) is -0.562. The van der Waals surface area contributed by atoms with Crippen LogP contribution in [-0.4, -0.2) is 85.6 Å². The highest BCUT2D eigenvalue weighted by atomic mass is 32.2. The number of rotatable bonds is 12. The van der Waals surface area contributed by atoms with Gasteiger partial charge < -0.3 is 20.1 Å². The molecule has 1 saturated heterocycles. The number of nitrogens with zero attached hydrogens (tertiary/aromatic N) is 4. The molecule has 0 radical (unpaired) electrons. The number of hydrogen-bond acceptors (Lipinski definition) is 10. The fourth-order valence-corrected chi connectivity index (χ4v) is 5.77. The van der Waals surface area contributed by atoms with Crippen LogP contribution in [0.15, 0.2) is 65.8 Å². The zero-order valence-electron chi connectivity index (χ0n) is 25.3. The molecule has 248 valence electrons. The Balaban J connectivity index is 1.47. The number of carbonyl (C=O) groups excluding carboxylic acids is 2. The average molecular weight is 666 g/mol. The molecule has 3 atom stereocenters. The third kappa shape index (κ3) is 8.30. The molecule has 2 N–H and O–H groups in total. The fourth-order valence-electron chi connectivity index (χ4n) is 4.88. The molecule has 1 fully saturated rings. The van der Waals surface area contributed by atoms with Gasteiger partial charge in [-0.15, -0.1) is 0 Å². The number of nitrogens with one attached hydrogen (secondary N) is 1. The molecule has 0 spiro atoms. The third-order valence-electron chi connectivity index (χ3n) is 7.56. The fraction of sp³-hybridized carbons (Fsp3) is 0.400. The summed E-state index contributed by atoms with van der Waals surface area (Å²) in [5, 5.41) is 13.7. The predicted molar refractivity (Wildman–Crippen MR) is 160 cm³/mol. The Kier molecular flexibility index (Phi) is 10.9. The number of ether oxygens (including phenoxy) is 1. The van der Waals surface area contributed by atoms with Crippen molar-refractivity contribution in [1.82, 2.24) is 20.3 Å². The molecule has 2 heterocycles. The van der Waals surface area contributed by atoms with Crippen molar-refractivity contribution in [3.63, 3.8) is 0 Å². The van der Waals surface area contributed by atoms with E-state index in [0.717, 1.165) is 17.2 Å². The summed E-state index contributed by atoms with van der Waals surface area (Å²) in [4.78, 5) is 41.1. The van der Waals surface area contributed by atoms with Gasteiger partial charge in [0.05, 0.1) is 48.1 Å². The summed E-state index contributed by atoms with van der Waals surface area (Å²) in [6, 6.07) is 8.89. The van der Waals surface area contributed by atoms with Gasteiger partial charge in [0.15, 0.2) is 9.84 Å². The number of aliphatic hydroxyl groups is 1. The number of anilines is 1. The lowest BCUT2D eigenvalue weighted by Crippen LogP contribution is -2.37. The largest absolute Gasteiger partial charge is 0.489 e. The standard InChI is InChI=1S/C30H34F3N5O7S/c1-4-46(42,43)25-11-5-19(6-12-25)26(18-39)36-28(41)20-15-34-29(35-16-20)38-17-24(13-22(38)14-27(40)37(2)44-3)45-23-9-7-21(8-10-23)30(31,32)33/h5-12,15-16,22,24,26,39H,4,13-14,17-18H2,1-3H3,(H,36,41)/t22-,24+,26-/m0/s1. The Bertz CT molecular complexity index is 1610. The van der Waals surface area contributed by atoms with Gasteiger partial charge in [-0.3, -0.25) is 14.4 Å². The summed E-state index contributed by atoms with van der Waals surface area (Å²) in [7, 11) is -0.601. The van der Waals surface area contributed by atoms with Crippen LogP contribution >= 0.6 is 0 Å². The van der Waals surface area contributed by atoms with E-state index in [2.05, 4.69) is 15.3 Å². The van der Waals surface area contributed by atoms with Gasteiger partial charge in [0.25, 0.3) is 5.91 Å². The quantitative estimate of drug-likeness (QED) is 0.276. The van der Waals surface area contributed by atoms with Crippen LogP contribution in [0.5, 0.6) is 5.75 Å². The smallest absolute Gasteiger partial charge is 0.416 e. The van der Waals surface area contributed by atoms with Gasteiger partial charge in [0.2, 0.25) is 11.9 Å². The van der Waals surface area contributed by atoms with Crippen LogP contribution in [0.4, 0.5) is 19.1 Å². The molecule has 1 aliphatic rings. The van der Waals surface area contributed by atoms with E-state index in [1.807, 2.05) is 0 Å². The molecule has 46 heavy (non-hydrogen) atoms. The van der Waals surface area contributed by atoms with Crippen LogP contribution in [0, 0.1) is 0 Å². The Morgan fingerprint density at radius 3 is 2.28 bits per heavy atom. The summed E-state index contributed by atoms with van der Waals surface area (Å²) in [5.41, 5.74) is -0.230. The molecular formula is C30H34F3N5O7S. The van der Waals surface area contributed by atoms with Crippen molar-refractivity contribution in [3.05, 3.63) is 77.6 Å². The van der Waals surface area contributed by atoms with Gasteiger partial charge >= 0.3 is 6.18 Å². The van der Waals surface area contributed by atoms with Crippen LogP contribution in [0.2, 0.25) is 0 Å². The molecular weight excluding hydrogens is 631 g/mol. The van der Waals surface area contributed by atoms with E-state index < -0.39 is 52.3 Å². The molecule has 0 saturated carbocycles. The van der Waals surface area contributed by atoms with Crippen molar-refractivity contribution in [3.8, 4) is 5.75 Å². The normalized spacial score (nSPS) is 17.4. The highest BCUT2D eigenvalue weighted by molar-refractivity contribution is 7.91. The highest BCUT2D eigenvalue weighted by Crippen LogP contribution is 2.32. The highest BCUT2D eigenvalue weighted by Gasteiger charge is 2.37. The van der Waals surface area contributed by atoms with E-state index in [9.17, 15) is 36.3 Å². The molecule has 16 heteroatoms. The lowest BCUT2D eigenvalue weighted by molar-refractivity contribution is -0.169. The molecule has 3 aromatic rings. The van der Waals surface area contributed by atoms with E-state index in [0.29, 0.717) is 12.0 Å². The molecule has 0 aliphatic carbocycles. The third-order valence-corrected chi connectivity index (χ3v) is 9.31.